The van der Waals surface area contributed by atoms with Gasteiger partial charge in [-0.25, -0.2) is 0 Å². The second-order valence-electron chi connectivity index (χ2n) is 3.47. The fourth-order valence-corrected chi connectivity index (χ4v) is 0.993. The number of hydrogen-bond acceptors (Lipinski definition) is 3. The summed E-state index contributed by atoms with van der Waals surface area (Å²) in [7, 11) is 0. The van der Waals surface area contributed by atoms with Gasteiger partial charge in [0.15, 0.2) is 0 Å². The molecule has 0 bridgehead atoms. The first-order chi connectivity index (χ1) is 5.37. The lowest BCUT2D eigenvalue weighted by Gasteiger charge is -2.22. The third-order valence-corrected chi connectivity index (χ3v) is 1.45. The molecular formula is C8H17NO3. The first-order valence-corrected chi connectivity index (χ1v) is 4.05. The summed E-state index contributed by atoms with van der Waals surface area (Å²) in [6.07, 6.45) is 0.218. The lowest BCUT2D eigenvalue weighted by molar-refractivity contribution is -0.141. The van der Waals surface area contributed by atoms with E-state index in [4.69, 9.17) is 5.11 Å². The summed E-state index contributed by atoms with van der Waals surface area (Å²) < 4.78 is 0. The molecule has 0 saturated carbocycles. The van der Waals surface area contributed by atoms with Gasteiger partial charge in [-0.3, -0.25) is 4.79 Å². The largest absolute Gasteiger partial charge is 0.480 e. The number of carboxylic acids is 1. The molecule has 3 N–H and O–H groups in total. The van der Waals surface area contributed by atoms with E-state index in [2.05, 4.69) is 5.32 Å². The van der Waals surface area contributed by atoms with Crippen molar-refractivity contribution in [2.75, 3.05) is 6.54 Å². The number of carboxylic acid groups (broad SMARTS) is 1. The Kier molecular flexibility index (Phi) is 4.20. The van der Waals surface area contributed by atoms with Crippen molar-refractivity contribution in [1.29, 1.82) is 0 Å². The molecule has 0 aliphatic carbocycles. The van der Waals surface area contributed by atoms with Crippen molar-refractivity contribution in [2.24, 2.45) is 0 Å². The van der Waals surface area contributed by atoms with E-state index >= 15 is 0 Å². The Morgan fingerprint density at radius 1 is 1.58 bits per heavy atom. The van der Waals surface area contributed by atoms with Crippen LogP contribution >= 0.6 is 0 Å². The maximum atomic E-state index is 10.6. The summed E-state index contributed by atoms with van der Waals surface area (Å²) in [4.78, 5) is 10.6. The fraction of sp³-hybridized carbons (Fsp3) is 0.875. The van der Waals surface area contributed by atoms with Crippen LogP contribution in [0.5, 0.6) is 0 Å². The summed E-state index contributed by atoms with van der Waals surface area (Å²) in [5, 5.41) is 20.8. The molecule has 0 saturated heterocycles. The van der Waals surface area contributed by atoms with Gasteiger partial charge in [-0.1, -0.05) is 6.92 Å². The monoisotopic (exact) mass is 175 g/mol. The maximum Gasteiger partial charge on any atom is 0.320 e. The molecule has 0 fully saturated rings. The Balaban J connectivity index is 4.05. The quantitative estimate of drug-likeness (QED) is 0.558. The van der Waals surface area contributed by atoms with Crippen LogP contribution in [0.3, 0.4) is 0 Å². The van der Waals surface area contributed by atoms with Gasteiger partial charge in [0, 0.05) is 6.42 Å². The lowest BCUT2D eigenvalue weighted by atomic mass is 9.99. The van der Waals surface area contributed by atoms with Crippen molar-refractivity contribution in [3.63, 3.8) is 0 Å². The van der Waals surface area contributed by atoms with Crippen LogP contribution in [0, 0.1) is 0 Å². The van der Waals surface area contributed by atoms with Crippen molar-refractivity contribution >= 4 is 5.97 Å². The highest BCUT2D eigenvalue weighted by molar-refractivity contribution is 5.73. The molecule has 72 valence electrons. The van der Waals surface area contributed by atoms with Crippen molar-refractivity contribution in [1.82, 2.24) is 5.32 Å². The molecule has 0 rings (SSSR count). The van der Waals surface area contributed by atoms with Crippen LogP contribution in [0.1, 0.15) is 27.2 Å². The number of hydrogen-bond donors (Lipinski definition) is 3. The molecule has 0 amide bonds. The Bertz CT molecular complexity index is 151. The van der Waals surface area contributed by atoms with E-state index in [-0.39, 0.29) is 6.42 Å². The van der Waals surface area contributed by atoms with Crippen LogP contribution in [0.25, 0.3) is 0 Å². The third-order valence-electron chi connectivity index (χ3n) is 1.45. The zero-order chi connectivity index (χ0) is 9.78. The predicted molar refractivity (Wildman–Crippen MR) is 46.0 cm³/mol. The topological polar surface area (TPSA) is 69.6 Å². The standard InChI is InChI=1S/C8H17NO3/c1-4-9-6(7(10)11)5-8(2,3)12/h6,9,12H,4-5H2,1-3H3,(H,10,11)/t6-/m0/s1. The zero-order valence-electron chi connectivity index (χ0n) is 7.79. The van der Waals surface area contributed by atoms with Gasteiger partial charge < -0.3 is 15.5 Å². The fourth-order valence-electron chi connectivity index (χ4n) is 0.993. The summed E-state index contributed by atoms with van der Waals surface area (Å²) in [5.74, 6) is -0.918. The molecule has 0 aliphatic rings. The Labute approximate surface area is 72.6 Å². The molecule has 0 aromatic heterocycles. The minimum Gasteiger partial charge on any atom is -0.480 e. The van der Waals surface area contributed by atoms with E-state index in [0.717, 1.165) is 0 Å². The lowest BCUT2D eigenvalue weighted by Crippen LogP contribution is -2.42. The number of carbonyl (C=O) groups is 1. The van der Waals surface area contributed by atoms with E-state index in [1.165, 1.54) is 0 Å². The van der Waals surface area contributed by atoms with Gasteiger partial charge in [-0.2, -0.15) is 0 Å². The van der Waals surface area contributed by atoms with Crippen LogP contribution in [-0.4, -0.2) is 34.4 Å². The van der Waals surface area contributed by atoms with Crippen LogP contribution in [0.2, 0.25) is 0 Å². The van der Waals surface area contributed by atoms with Gasteiger partial charge in [0.2, 0.25) is 0 Å². The number of likely N-dealkylation sites (N-methyl/N-ethyl adjacent to an activating group) is 1. The highest BCUT2D eigenvalue weighted by atomic mass is 16.4. The zero-order valence-corrected chi connectivity index (χ0v) is 7.79. The van der Waals surface area contributed by atoms with Crippen LogP contribution < -0.4 is 5.32 Å². The summed E-state index contributed by atoms with van der Waals surface area (Å²) in [6.45, 7) is 5.62. The number of aliphatic carboxylic acids is 1. The number of nitrogens with one attached hydrogen (secondary N) is 1. The average Bonchev–Trinajstić information content (AvgIpc) is 1.83. The van der Waals surface area contributed by atoms with Crippen molar-refractivity contribution < 1.29 is 15.0 Å². The molecule has 0 spiro atoms. The molecule has 0 heterocycles. The van der Waals surface area contributed by atoms with E-state index in [9.17, 15) is 9.90 Å². The Morgan fingerprint density at radius 2 is 2.08 bits per heavy atom. The van der Waals surface area contributed by atoms with Gasteiger partial charge >= 0.3 is 5.97 Å². The highest BCUT2D eigenvalue weighted by Gasteiger charge is 2.24. The molecule has 0 aromatic carbocycles. The minimum absolute atomic E-state index is 0.218. The minimum atomic E-state index is -0.939. The molecule has 0 unspecified atom stereocenters. The van der Waals surface area contributed by atoms with Gasteiger partial charge in [0.05, 0.1) is 5.60 Å². The van der Waals surface area contributed by atoms with E-state index < -0.39 is 17.6 Å². The second kappa shape index (κ2) is 4.42. The van der Waals surface area contributed by atoms with Gasteiger partial charge in [0.1, 0.15) is 6.04 Å². The molecule has 4 nitrogen and oxygen atoms in total. The predicted octanol–water partition coefficient (Wildman–Crippen LogP) is 0.210. The third kappa shape index (κ3) is 5.09. The molecule has 0 radical (unpaired) electrons. The van der Waals surface area contributed by atoms with Crippen molar-refractivity contribution in [2.45, 2.75) is 38.8 Å². The Morgan fingerprint density at radius 3 is 2.33 bits per heavy atom. The van der Waals surface area contributed by atoms with E-state index in [1.54, 1.807) is 13.8 Å². The molecule has 12 heavy (non-hydrogen) atoms. The normalized spacial score (nSPS) is 14.3. The molecule has 4 heteroatoms. The van der Waals surface area contributed by atoms with Crippen LogP contribution in [0.4, 0.5) is 0 Å². The average molecular weight is 175 g/mol. The maximum absolute atomic E-state index is 10.6. The summed E-state index contributed by atoms with van der Waals surface area (Å²) >= 11 is 0. The van der Waals surface area contributed by atoms with E-state index in [0.29, 0.717) is 6.54 Å². The van der Waals surface area contributed by atoms with Gasteiger partial charge in [-0.05, 0) is 20.4 Å². The van der Waals surface area contributed by atoms with Gasteiger partial charge in [0.25, 0.3) is 0 Å². The molecule has 0 aromatic rings. The SMILES string of the molecule is CCN[C@@H](CC(C)(C)O)C(=O)O. The van der Waals surface area contributed by atoms with Crippen molar-refractivity contribution in [3.8, 4) is 0 Å². The molecule has 0 aliphatic heterocycles. The first-order valence-electron chi connectivity index (χ1n) is 4.05. The Hall–Kier alpha value is -0.610. The molecular weight excluding hydrogens is 158 g/mol. The first kappa shape index (κ1) is 11.4. The summed E-state index contributed by atoms with van der Waals surface area (Å²) in [5.41, 5.74) is -0.939. The van der Waals surface area contributed by atoms with Gasteiger partial charge in [-0.15, -0.1) is 0 Å². The number of aliphatic hydroxyl groups is 1. The highest BCUT2D eigenvalue weighted by Crippen LogP contribution is 2.10. The second-order valence-corrected chi connectivity index (χ2v) is 3.47. The molecule has 1 atom stereocenters. The smallest absolute Gasteiger partial charge is 0.320 e. The number of rotatable bonds is 5. The van der Waals surface area contributed by atoms with Crippen LogP contribution in [-0.2, 0) is 4.79 Å². The van der Waals surface area contributed by atoms with E-state index in [1.807, 2.05) is 6.92 Å². The van der Waals surface area contributed by atoms with Crippen LogP contribution in [0.15, 0.2) is 0 Å². The summed E-state index contributed by atoms with van der Waals surface area (Å²) in [6, 6.07) is -0.657. The van der Waals surface area contributed by atoms with Crippen molar-refractivity contribution in [3.05, 3.63) is 0 Å².